The lowest BCUT2D eigenvalue weighted by atomic mass is 9.96. The van der Waals surface area contributed by atoms with Gasteiger partial charge in [0.05, 0.1) is 16.0 Å². The fraction of sp³-hybridized carbons (Fsp3) is 0.300. The van der Waals surface area contributed by atoms with Gasteiger partial charge in [0, 0.05) is 29.2 Å². The summed E-state index contributed by atoms with van der Waals surface area (Å²) in [7, 11) is 0. The number of thioether (sulfide) groups is 1. The minimum atomic E-state index is -0.231. The molecule has 0 bridgehead atoms. The number of carbonyl (C=O) groups is 2. The summed E-state index contributed by atoms with van der Waals surface area (Å²) in [5.41, 5.74) is 1.25. The number of amides is 2. The molecule has 1 saturated heterocycles. The summed E-state index contributed by atoms with van der Waals surface area (Å²) < 4.78 is 0. The van der Waals surface area contributed by atoms with Gasteiger partial charge in [-0.2, -0.15) is 0 Å². The Morgan fingerprint density at radius 3 is 2.52 bits per heavy atom. The lowest BCUT2D eigenvalue weighted by molar-refractivity contribution is -0.121. The zero-order chi connectivity index (χ0) is 19.4. The SMILES string of the molecule is CSc1ccc(NC(=O)C2CCCN(C(=O)c3ccc(Cl)c(Cl)c3)C2)cc1. The topological polar surface area (TPSA) is 49.4 Å². The highest BCUT2D eigenvalue weighted by atomic mass is 35.5. The van der Waals surface area contributed by atoms with E-state index in [1.54, 1.807) is 34.9 Å². The van der Waals surface area contributed by atoms with Gasteiger partial charge in [-0.05, 0) is 61.6 Å². The van der Waals surface area contributed by atoms with E-state index in [-0.39, 0.29) is 17.7 Å². The predicted octanol–water partition coefficient (Wildman–Crippen LogP) is 5.21. The fourth-order valence-electron chi connectivity index (χ4n) is 3.11. The Morgan fingerprint density at radius 1 is 1.11 bits per heavy atom. The van der Waals surface area contributed by atoms with Crippen LogP contribution in [0.15, 0.2) is 47.4 Å². The second-order valence-corrected chi connectivity index (χ2v) is 8.13. The van der Waals surface area contributed by atoms with Gasteiger partial charge in [0.15, 0.2) is 0 Å². The van der Waals surface area contributed by atoms with E-state index in [2.05, 4.69) is 5.32 Å². The third-order valence-corrected chi connectivity index (χ3v) is 6.09. The Bertz CT molecular complexity index is 842. The highest BCUT2D eigenvalue weighted by Crippen LogP contribution is 2.25. The van der Waals surface area contributed by atoms with Crippen molar-refractivity contribution in [3.63, 3.8) is 0 Å². The summed E-state index contributed by atoms with van der Waals surface area (Å²) >= 11 is 13.6. The van der Waals surface area contributed by atoms with Gasteiger partial charge < -0.3 is 10.2 Å². The van der Waals surface area contributed by atoms with Crippen molar-refractivity contribution >= 4 is 52.5 Å². The van der Waals surface area contributed by atoms with Gasteiger partial charge in [0.2, 0.25) is 5.91 Å². The first-order valence-corrected chi connectivity index (χ1v) is 10.6. The lowest BCUT2D eigenvalue weighted by Crippen LogP contribution is -2.43. The lowest BCUT2D eigenvalue weighted by Gasteiger charge is -2.32. The van der Waals surface area contributed by atoms with Crippen LogP contribution in [0.2, 0.25) is 10.0 Å². The normalized spacial score (nSPS) is 16.9. The number of halogens is 2. The predicted molar refractivity (Wildman–Crippen MR) is 112 cm³/mol. The van der Waals surface area contributed by atoms with Crippen molar-refractivity contribution in [1.29, 1.82) is 0 Å². The summed E-state index contributed by atoms with van der Waals surface area (Å²) in [5, 5.41) is 3.72. The van der Waals surface area contributed by atoms with E-state index in [0.29, 0.717) is 28.7 Å². The van der Waals surface area contributed by atoms with Gasteiger partial charge in [0.1, 0.15) is 0 Å². The van der Waals surface area contributed by atoms with E-state index < -0.39 is 0 Å². The van der Waals surface area contributed by atoms with E-state index in [0.717, 1.165) is 23.4 Å². The molecular formula is C20H20Cl2N2O2S. The third kappa shape index (κ3) is 4.98. The van der Waals surface area contributed by atoms with E-state index >= 15 is 0 Å². The molecule has 2 aromatic carbocycles. The molecule has 0 saturated carbocycles. The maximum absolute atomic E-state index is 12.8. The second-order valence-electron chi connectivity index (χ2n) is 6.44. The highest BCUT2D eigenvalue weighted by molar-refractivity contribution is 7.98. The van der Waals surface area contributed by atoms with Crippen molar-refractivity contribution in [2.75, 3.05) is 24.7 Å². The van der Waals surface area contributed by atoms with Gasteiger partial charge in [-0.1, -0.05) is 23.2 Å². The van der Waals surface area contributed by atoms with Crippen LogP contribution in [0, 0.1) is 5.92 Å². The van der Waals surface area contributed by atoms with Crippen molar-refractivity contribution in [1.82, 2.24) is 4.90 Å². The maximum Gasteiger partial charge on any atom is 0.253 e. The molecular weight excluding hydrogens is 403 g/mol. The Balaban J connectivity index is 1.64. The number of hydrogen-bond donors (Lipinski definition) is 1. The molecule has 142 valence electrons. The number of carbonyl (C=O) groups excluding carboxylic acids is 2. The molecule has 1 aliphatic rings. The largest absolute Gasteiger partial charge is 0.338 e. The number of likely N-dealkylation sites (tertiary alicyclic amines) is 1. The molecule has 2 amide bonds. The molecule has 1 fully saturated rings. The number of piperidine rings is 1. The average Bonchev–Trinajstić information content (AvgIpc) is 2.70. The number of nitrogens with zero attached hydrogens (tertiary/aromatic N) is 1. The Morgan fingerprint density at radius 2 is 1.85 bits per heavy atom. The third-order valence-electron chi connectivity index (χ3n) is 4.60. The first-order chi connectivity index (χ1) is 13.0. The van der Waals surface area contributed by atoms with Crippen LogP contribution in [-0.4, -0.2) is 36.1 Å². The van der Waals surface area contributed by atoms with Crippen LogP contribution in [0.5, 0.6) is 0 Å². The fourth-order valence-corrected chi connectivity index (χ4v) is 3.81. The molecule has 27 heavy (non-hydrogen) atoms. The molecule has 3 rings (SSSR count). The molecule has 1 aliphatic heterocycles. The highest BCUT2D eigenvalue weighted by Gasteiger charge is 2.29. The number of hydrogen-bond acceptors (Lipinski definition) is 3. The molecule has 1 atom stereocenters. The minimum Gasteiger partial charge on any atom is -0.338 e. The van der Waals surface area contributed by atoms with E-state index in [1.165, 1.54) is 0 Å². The number of nitrogens with one attached hydrogen (secondary N) is 1. The van der Waals surface area contributed by atoms with E-state index in [9.17, 15) is 9.59 Å². The minimum absolute atomic E-state index is 0.0569. The molecule has 1 N–H and O–H groups in total. The standard InChI is InChI=1S/C20H20Cl2N2O2S/c1-27-16-7-5-15(6-8-16)23-19(25)14-3-2-10-24(12-14)20(26)13-4-9-17(21)18(22)11-13/h4-9,11,14H,2-3,10,12H2,1H3,(H,23,25). The number of benzene rings is 2. The Kier molecular flexibility index (Phi) is 6.68. The summed E-state index contributed by atoms with van der Waals surface area (Å²) in [5.74, 6) is -0.417. The molecule has 2 aromatic rings. The van der Waals surface area contributed by atoms with Crippen molar-refractivity contribution in [2.45, 2.75) is 17.7 Å². The van der Waals surface area contributed by atoms with Crippen LogP contribution in [0.1, 0.15) is 23.2 Å². The first-order valence-electron chi connectivity index (χ1n) is 8.67. The van der Waals surface area contributed by atoms with Crippen molar-refractivity contribution in [2.24, 2.45) is 5.92 Å². The molecule has 4 nitrogen and oxygen atoms in total. The van der Waals surface area contributed by atoms with Crippen LogP contribution in [0.25, 0.3) is 0 Å². The monoisotopic (exact) mass is 422 g/mol. The van der Waals surface area contributed by atoms with Crippen LogP contribution < -0.4 is 5.32 Å². The molecule has 1 heterocycles. The van der Waals surface area contributed by atoms with Crippen LogP contribution in [-0.2, 0) is 4.79 Å². The van der Waals surface area contributed by atoms with Gasteiger partial charge in [-0.15, -0.1) is 11.8 Å². The summed E-state index contributed by atoms with van der Waals surface area (Å²) in [4.78, 5) is 28.2. The van der Waals surface area contributed by atoms with Crippen molar-refractivity contribution in [3.8, 4) is 0 Å². The molecule has 1 unspecified atom stereocenters. The maximum atomic E-state index is 12.8. The average molecular weight is 423 g/mol. The van der Waals surface area contributed by atoms with Gasteiger partial charge >= 0.3 is 0 Å². The quantitative estimate of drug-likeness (QED) is 0.688. The molecule has 0 radical (unpaired) electrons. The van der Waals surface area contributed by atoms with Crippen LogP contribution >= 0.6 is 35.0 Å². The summed E-state index contributed by atoms with van der Waals surface area (Å²) in [6.07, 6.45) is 3.56. The summed E-state index contributed by atoms with van der Waals surface area (Å²) in [6, 6.07) is 12.6. The van der Waals surface area contributed by atoms with Gasteiger partial charge in [-0.3, -0.25) is 9.59 Å². The molecule has 0 aromatic heterocycles. The van der Waals surface area contributed by atoms with E-state index in [1.807, 2.05) is 30.5 Å². The van der Waals surface area contributed by atoms with Crippen molar-refractivity contribution in [3.05, 3.63) is 58.1 Å². The number of anilines is 1. The zero-order valence-corrected chi connectivity index (χ0v) is 17.2. The number of rotatable bonds is 4. The van der Waals surface area contributed by atoms with Crippen LogP contribution in [0.3, 0.4) is 0 Å². The molecule has 0 aliphatic carbocycles. The Hall–Kier alpha value is -1.69. The van der Waals surface area contributed by atoms with Gasteiger partial charge in [-0.25, -0.2) is 0 Å². The second kappa shape index (κ2) is 9.00. The van der Waals surface area contributed by atoms with E-state index in [4.69, 9.17) is 23.2 Å². The van der Waals surface area contributed by atoms with Crippen LogP contribution in [0.4, 0.5) is 5.69 Å². The summed E-state index contributed by atoms with van der Waals surface area (Å²) in [6.45, 7) is 1.03. The zero-order valence-electron chi connectivity index (χ0n) is 14.9. The smallest absolute Gasteiger partial charge is 0.253 e. The van der Waals surface area contributed by atoms with Crippen molar-refractivity contribution < 1.29 is 9.59 Å². The van der Waals surface area contributed by atoms with Gasteiger partial charge in [0.25, 0.3) is 5.91 Å². The Labute approximate surface area is 173 Å². The molecule has 0 spiro atoms. The first kappa shape index (κ1) is 20.1. The molecule has 7 heteroatoms.